The van der Waals surface area contributed by atoms with Crippen LogP contribution in [0.15, 0.2) is 34.8 Å². The number of fused-ring (bicyclic) bond motifs is 3. The highest BCUT2D eigenvalue weighted by molar-refractivity contribution is 9.10. The zero-order chi connectivity index (χ0) is 15.8. The molecule has 0 fully saturated rings. The Balaban J connectivity index is 0.000000774. The summed E-state index contributed by atoms with van der Waals surface area (Å²) in [5.41, 5.74) is 5.22. The fraction of sp³-hybridized carbons (Fsp3) is 0.368. The van der Waals surface area contributed by atoms with Gasteiger partial charge < -0.3 is 4.98 Å². The molecule has 1 aromatic heterocycles. The molecule has 0 aliphatic heterocycles. The summed E-state index contributed by atoms with van der Waals surface area (Å²) in [6.07, 6.45) is 0. The van der Waals surface area contributed by atoms with Crippen molar-refractivity contribution >= 4 is 37.7 Å². The average molecular weight is 346 g/mol. The van der Waals surface area contributed by atoms with E-state index in [1.807, 2.05) is 13.8 Å². The molecule has 2 aromatic carbocycles. The second kappa shape index (κ2) is 5.84. The Bertz CT molecular complexity index is 775. The molecule has 0 aliphatic rings. The molecule has 0 saturated carbocycles. The van der Waals surface area contributed by atoms with Crippen molar-refractivity contribution < 1.29 is 0 Å². The molecule has 3 rings (SSSR count). The lowest BCUT2D eigenvalue weighted by Crippen LogP contribution is -2.10. The SMILES string of the molecule is CC.Cc1cc(Br)c2[nH]c3ccc(C(C)(C)C)cc3c2c1. The average Bonchev–Trinajstić information content (AvgIpc) is 2.78. The van der Waals surface area contributed by atoms with Crippen molar-refractivity contribution in [2.24, 2.45) is 0 Å². The third-order valence-electron chi connectivity index (χ3n) is 3.67. The summed E-state index contributed by atoms with van der Waals surface area (Å²) in [4.78, 5) is 3.51. The Kier molecular flexibility index (Phi) is 4.48. The molecule has 2 heteroatoms. The minimum absolute atomic E-state index is 0.179. The van der Waals surface area contributed by atoms with Crippen LogP contribution in [0, 0.1) is 6.92 Å². The predicted octanol–water partition coefficient (Wildman–Crippen LogP) is 6.72. The van der Waals surface area contributed by atoms with Gasteiger partial charge in [-0.05, 0) is 63.7 Å². The second-order valence-electron chi connectivity index (χ2n) is 6.30. The van der Waals surface area contributed by atoms with Gasteiger partial charge in [-0.15, -0.1) is 0 Å². The maximum atomic E-state index is 3.65. The predicted molar refractivity (Wildman–Crippen MR) is 98.3 cm³/mol. The third-order valence-corrected chi connectivity index (χ3v) is 4.30. The van der Waals surface area contributed by atoms with Crippen molar-refractivity contribution in [3.05, 3.63) is 45.9 Å². The first-order valence-electron chi connectivity index (χ1n) is 7.58. The van der Waals surface area contributed by atoms with E-state index in [1.165, 1.54) is 32.9 Å². The van der Waals surface area contributed by atoms with Gasteiger partial charge in [0, 0.05) is 20.8 Å². The maximum Gasteiger partial charge on any atom is 0.0609 e. The maximum absolute atomic E-state index is 3.65. The summed E-state index contributed by atoms with van der Waals surface area (Å²) in [6.45, 7) is 12.9. The first-order valence-corrected chi connectivity index (χ1v) is 8.37. The van der Waals surface area contributed by atoms with Crippen molar-refractivity contribution in [2.75, 3.05) is 0 Å². The molecule has 1 nitrogen and oxygen atoms in total. The van der Waals surface area contributed by atoms with E-state index in [0.29, 0.717) is 0 Å². The third kappa shape index (κ3) is 3.01. The van der Waals surface area contributed by atoms with Crippen LogP contribution in [0.25, 0.3) is 21.8 Å². The fourth-order valence-corrected chi connectivity index (χ4v) is 3.23. The number of benzene rings is 2. The van der Waals surface area contributed by atoms with Gasteiger partial charge in [-0.2, -0.15) is 0 Å². The zero-order valence-electron chi connectivity index (χ0n) is 13.8. The lowest BCUT2D eigenvalue weighted by atomic mass is 9.86. The molecule has 3 aromatic rings. The van der Waals surface area contributed by atoms with Crippen molar-refractivity contribution in [2.45, 2.75) is 47.0 Å². The van der Waals surface area contributed by atoms with E-state index in [2.05, 4.69) is 78.9 Å². The van der Waals surface area contributed by atoms with Gasteiger partial charge in [-0.25, -0.2) is 0 Å². The standard InChI is InChI=1S/C17H18BrN.C2H6/c1-10-7-13-12-9-11(17(2,3)4)5-6-15(12)19-16(13)14(18)8-10;1-2/h5-9,19H,1-4H3;1-2H3. The molecule has 0 unspecified atom stereocenters. The number of halogens is 1. The van der Waals surface area contributed by atoms with Gasteiger partial charge in [0.05, 0.1) is 5.52 Å². The van der Waals surface area contributed by atoms with Crippen LogP contribution in [0.3, 0.4) is 0 Å². The number of aromatic nitrogens is 1. The van der Waals surface area contributed by atoms with E-state index < -0.39 is 0 Å². The molecule has 0 spiro atoms. The quantitative estimate of drug-likeness (QED) is 0.465. The van der Waals surface area contributed by atoms with Crippen LogP contribution in [-0.4, -0.2) is 4.98 Å². The van der Waals surface area contributed by atoms with Crippen LogP contribution in [0.4, 0.5) is 0 Å². The molecule has 112 valence electrons. The number of hydrogen-bond acceptors (Lipinski definition) is 0. The molecule has 1 N–H and O–H groups in total. The minimum atomic E-state index is 0.179. The highest BCUT2D eigenvalue weighted by atomic mass is 79.9. The molecular formula is C19H24BrN. The smallest absolute Gasteiger partial charge is 0.0609 e. The molecular weight excluding hydrogens is 322 g/mol. The summed E-state index contributed by atoms with van der Waals surface area (Å²) >= 11 is 3.65. The van der Waals surface area contributed by atoms with Crippen LogP contribution in [0.1, 0.15) is 45.7 Å². The summed E-state index contributed by atoms with van der Waals surface area (Å²) in [5.74, 6) is 0. The van der Waals surface area contributed by atoms with Crippen LogP contribution >= 0.6 is 15.9 Å². The fourth-order valence-electron chi connectivity index (χ4n) is 2.56. The number of rotatable bonds is 0. The van der Waals surface area contributed by atoms with Gasteiger partial charge >= 0.3 is 0 Å². The molecule has 1 heterocycles. The molecule has 0 amide bonds. The van der Waals surface area contributed by atoms with Crippen molar-refractivity contribution in [1.82, 2.24) is 4.98 Å². The van der Waals surface area contributed by atoms with Crippen LogP contribution < -0.4 is 0 Å². The number of nitrogens with one attached hydrogen (secondary N) is 1. The summed E-state index contributed by atoms with van der Waals surface area (Å²) in [7, 11) is 0. The Hall–Kier alpha value is -1.28. The zero-order valence-corrected chi connectivity index (χ0v) is 15.4. The van der Waals surface area contributed by atoms with E-state index in [4.69, 9.17) is 0 Å². The highest BCUT2D eigenvalue weighted by Gasteiger charge is 2.15. The van der Waals surface area contributed by atoms with Gasteiger partial charge in [-0.3, -0.25) is 0 Å². The van der Waals surface area contributed by atoms with Crippen LogP contribution in [-0.2, 0) is 5.41 Å². The summed E-state index contributed by atoms with van der Waals surface area (Å²) in [6, 6.07) is 11.1. The summed E-state index contributed by atoms with van der Waals surface area (Å²) < 4.78 is 1.14. The molecule has 0 radical (unpaired) electrons. The van der Waals surface area contributed by atoms with Gasteiger partial charge in [-0.1, -0.05) is 40.7 Å². The monoisotopic (exact) mass is 345 g/mol. The molecule has 21 heavy (non-hydrogen) atoms. The number of aryl methyl sites for hydroxylation is 1. The van der Waals surface area contributed by atoms with Crippen molar-refractivity contribution in [1.29, 1.82) is 0 Å². The van der Waals surface area contributed by atoms with Crippen LogP contribution in [0.2, 0.25) is 0 Å². The Morgan fingerprint density at radius 3 is 2.24 bits per heavy atom. The Labute approximate surface area is 135 Å². The molecule has 0 atom stereocenters. The topological polar surface area (TPSA) is 15.8 Å². The number of hydrogen-bond donors (Lipinski definition) is 1. The number of H-pyrrole nitrogens is 1. The first-order chi connectivity index (χ1) is 9.86. The lowest BCUT2D eigenvalue weighted by Gasteiger charge is -2.18. The van der Waals surface area contributed by atoms with Crippen molar-refractivity contribution in [3.63, 3.8) is 0 Å². The van der Waals surface area contributed by atoms with Gasteiger partial charge in [0.15, 0.2) is 0 Å². The highest BCUT2D eigenvalue weighted by Crippen LogP contribution is 2.34. The molecule has 0 aliphatic carbocycles. The Morgan fingerprint density at radius 1 is 0.952 bits per heavy atom. The van der Waals surface area contributed by atoms with Gasteiger partial charge in [0.2, 0.25) is 0 Å². The molecule has 0 saturated heterocycles. The second-order valence-corrected chi connectivity index (χ2v) is 7.16. The summed E-state index contributed by atoms with van der Waals surface area (Å²) in [5, 5.41) is 2.61. The van der Waals surface area contributed by atoms with E-state index in [9.17, 15) is 0 Å². The van der Waals surface area contributed by atoms with Gasteiger partial charge in [0.1, 0.15) is 0 Å². The first kappa shape index (κ1) is 16.1. The van der Waals surface area contributed by atoms with E-state index in [-0.39, 0.29) is 5.41 Å². The van der Waals surface area contributed by atoms with E-state index in [1.54, 1.807) is 0 Å². The van der Waals surface area contributed by atoms with E-state index >= 15 is 0 Å². The largest absolute Gasteiger partial charge is 0.354 e. The van der Waals surface area contributed by atoms with E-state index in [0.717, 1.165) is 4.47 Å². The minimum Gasteiger partial charge on any atom is -0.354 e. The van der Waals surface area contributed by atoms with Gasteiger partial charge in [0.25, 0.3) is 0 Å². The molecule has 0 bridgehead atoms. The number of aromatic amines is 1. The lowest BCUT2D eigenvalue weighted by molar-refractivity contribution is 0.591. The normalized spacial score (nSPS) is 11.6. The Morgan fingerprint density at radius 2 is 1.62 bits per heavy atom. The van der Waals surface area contributed by atoms with Crippen LogP contribution in [0.5, 0.6) is 0 Å². The van der Waals surface area contributed by atoms with Crippen molar-refractivity contribution in [3.8, 4) is 0 Å².